The lowest BCUT2D eigenvalue weighted by atomic mass is 10.0. The first-order chi connectivity index (χ1) is 12.3. The Hall–Kier alpha value is -2.70. The van der Waals surface area contributed by atoms with Crippen LogP contribution in [0.2, 0.25) is 0 Å². The van der Waals surface area contributed by atoms with Gasteiger partial charge in [-0.25, -0.2) is 4.79 Å². The first kappa shape index (κ1) is 19.6. The molecular weight excluding hydrogens is 336 g/mol. The maximum absolute atomic E-state index is 12.3. The lowest BCUT2D eigenvalue weighted by Crippen LogP contribution is -2.45. The Bertz CT molecular complexity index is 727. The average molecular weight is 360 g/mol. The Morgan fingerprint density at radius 2 is 1.81 bits per heavy atom. The third-order valence-electron chi connectivity index (χ3n) is 4.35. The molecule has 0 radical (unpaired) electrons. The molecule has 7 heteroatoms. The Balaban J connectivity index is 1.89. The summed E-state index contributed by atoms with van der Waals surface area (Å²) in [5, 5.41) is 1.90. The number of imide groups is 1. The Labute approximate surface area is 152 Å². The monoisotopic (exact) mass is 360 g/mol. The number of ether oxygens (including phenoxy) is 1. The molecule has 3 amide bonds. The fraction of sp³-hybridized carbons (Fsp3) is 0.474. The number of Topliss-reactive ketones (excluding diaryl/α,β-unsaturated/α-hetero) is 1. The number of fused-ring (bicyclic) bond motifs is 1. The second-order valence-electron chi connectivity index (χ2n) is 6.77. The number of carbonyl (C=O) groups excluding carboxylic acids is 4. The van der Waals surface area contributed by atoms with Crippen molar-refractivity contribution in [3.63, 3.8) is 0 Å². The maximum atomic E-state index is 12.3. The normalized spacial score (nSPS) is 13.8. The molecular formula is C19H24N2O5. The molecule has 0 fully saturated rings. The molecule has 26 heavy (non-hydrogen) atoms. The molecule has 1 aromatic carbocycles. The predicted octanol–water partition coefficient (Wildman–Crippen LogP) is 1.90. The van der Waals surface area contributed by atoms with E-state index in [-0.39, 0.29) is 24.5 Å². The number of carbonyl (C=O) groups is 4. The summed E-state index contributed by atoms with van der Waals surface area (Å²) < 4.78 is 5.12. The summed E-state index contributed by atoms with van der Waals surface area (Å²) in [6.07, 6.45) is 1.85. The molecule has 1 unspecified atom stereocenters. The fourth-order valence-corrected chi connectivity index (χ4v) is 2.99. The Morgan fingerprint density at radius 3 is 2.46 bits per heavy atom. The van der Waals surface area contributed by atoms with Crippen LogP contribution >= 0.6 is 0 Å². The van der Waals surface area contributed by atoms with Crippen LogP contribution < -0.4 is 11.1 Å². The third-order valence-corrected chi connectivity index (χ3v) is 4.35. The lowest BCUT2D eigenvalue weighted by molar-refractivity contribution is -0.158. The molecule has 0 spiro atoms. The highest BCUT2D eigenvalue weighted by Crippen LogP contribution is 2.23. The van der Waals surface area contributed by atoms with Gasteiger partial charge < -0.3 is 10.5 Å². The standard InChI is InChI=1S/C19H24N2O5/c1-11(2)17(18(24)21-19(20)25)26-16(23)9-8-15(22)14-7-6-12-4-3-5-13(12)10-14/h6-7,10-11,17H,3-5,8-9H2,1-2H3,(H3,20,21,24,25). The number of aryl methyl sites for hydroxylation is 2. The molecule has 0 aliphatic heterocycles. The van der Waals surface area contributed by atoms with Gasteiger partial charge in [0.2, 0.25) is 0 Å². The van der Waals surface area contributed by atoms with Gasteiger partial charge in [0, 0.05) is 12.0 Å². The van der Waals surface area contributed by atoms with Crippen molar-refractivity contribution in [2.75, 3.05) is 0 Å². The summed E-state index contributed by atoms with van der Waals surface area (Å²) in [6.45, 7) is 3.35. The first-order valence-electron chi connectivity index (χ1n) is 8.72. The van der Waals surface area contributed by atoms with Crippen LogP contribution in [0.5, 0.6) is 0 Å². The highest BCUT2D eigenvalue weighted by Gasteiger charge is 2.27. The van der Waals surface area contributed by atoms with Crippen LogP contribution in [0.4, 0.5) is 4.79 Å². The van der Waals surface area contributed by atoms with Crippen LogP contribution in [0, 0.1) is 5.92 Å². The largest absolute Gasteiger partial charge is 0.452 e. The second kappa shape index (κ2) is 8.60. The zero-order valence-corrected chi connectivity index (χ0v) is 15.0. The van der Waals surface area contributed by atoms with E-state index < -0.39 is 24.0 Å². The number of hydrogen-bond acceptors (Lipinski definition) is 5. The van der Waals surface area contributed by atoms with E-state index in [0.717, 1.165) is 19.3 Å². The summed E-state index contributed by atoms with van der Waals surface area (Å²) in [5.74, 6) is -1.92. The molecule has 140 valence electrons. The predicted molar refractivity (Wildman–Crippen MR) is 94.5 cm³/mol. The van der Waals surface area contributed by atoms with Gasteiger partial charge in [-0.1, -0.05) is 26.0 Å². The van der Waals surface area contributed by atoms with Crippen LogP contribution in [-0.4, -0.2) is 29.8 Å². The van der Waals surface area contributed by atoms with E-state index in [1.54, 1.807) is 19.9 Å². The number of benzene rings is 1. The van der Waals surface area contributed by atoms with Gasteiger partial charge in [0.25, 0.3) is 5.91 Å². The van der Waals surface area contributed by atoms with E-state index >= 15 is 0 Å². The second-order valence-corrected chi connectivity index (χ2v) is 6.77. The van der Waals surface area contributed by atoms with Gasteiger partial charge in [-0.3, -0.25) is 19.7 Å². The number of esters is 1. The summed E-state index contributed by atoms with van der Waals surface area (Å²) >= 11 is 0. The van der Waals surface area contributed by atoms with E-state index in [1.807, 2.05) is 17.4 Å². The van der Waals surface area contributed by atoms with Gasteiger partial charge in [0.15, 0.2) is 11.9 Å². The highest BCUT2D eigenvalue weighted by atomic mass is 16.5. The number of primary amides is 1. The van der Waals surface area contributed by atoms with Crippen LogP contribution in [0.3, 0.4) is 0 Å². The minimum absolute atomic E-state index is 0.000125. The summed E-state index contributed by atoms with van der Waals surface area (Å²) in [6, 6.07) is 4.64. The first-order valence-corrected chi connectivity index (χ1v) is 8.72. The topological polar surface area (TPSA) is 116 Å². The van der Waals surface area contributed by atoms with Gasteiger partial charge in [-0.05, 0) is 42.4 Å². The van der Waals surface area contributed by atoms with Crippen LogP contribution in [0.25, 0.3) is 0 Å². The number of rotatable bonds is 7. The zero-order chi connectivity index (χ0) is 19.3. The summed E-state index contributed by atoms with van der Waals surface area (Å²) in [5.41, 5.74) is 7.97. The molecule has 7 nitrogen and oxygen atoms in total. The quantitative estimate of drug-likeness (QED) is 0.569. The third kappa shape index (κ3) is 5.15. The molecule has 0 saturated heterocycles. The van der Waals surface area contributed by atoms with E-state index in [2.05, 4.69) is 0 Å². The van der Waals surface area contributed by atoms with Gasteiger partial charge in [-0.15, -0.1) is 0 Å². The fourth-order valence-electron chi connectivity index (χ4n) is 2.99. The Kier molecular flexibility index (Phi) is 6.49. The van der Waals surface area contributed by atoms with Crippen molar-refractivity contribution in [3.05, 3.63) is 34.9 Å². The van der Waals surface area contributed by atoms with Crippen LogP contribution in [0.15, 0.2) is 18.2 Å². The molecule has 1 aliphatic carbocycles. The summed E-state index contributed by atoms with van der Waals surface area (Å²) in [7, 11) is 0. The molecule has 1 aromatic rings. The number of hydrogen-bond donors (Lipinski definition) is 2. The van der Waals surface area contributed by atoms with E-state index in [0.29, 0.717) is 5.56 Å². The van der Waals surface area contributed by atoms with E-state index in [4.69, 9.17) is 10.5 Å². The van der Waals surface area contributed by atoms with Crippen molar-refractivity contribution in [1.29, 1.82) is 0 Å². The number of nitrogens with two attached hydrogens (primary N) is 1. The molecule has 0 saturated carbocycles. The van der Waals surface area contributed by atoms with Crippen molar-refractivity contribution in [1.82, 2.24) is 5.32 Å². The van der Waals surface area contributed by atoms with Gasteiger partial charge in [0.05, 0.1) is 6.42 Å². The minimum Gasteiger partial charge on any atom is -0.452 e. The Morgan fingerprint density at radius 1 is 1.12 bits per heavy atom. The SMILES string of the molecule is CC(C)C(OC(=O)CCC(=O)c1ccc2c(c1)CCC2)C(=O)NC(N)=O. The van der Waals surface area contributed by atoms with Crippen LogP contribution in [0.1, 0.15) is 54.6 Å². The van der Waals surface area contributed by atoms with Gasteiger partial charge in [-0.2, -0.15) is 0 Å². The molecule has 0 aromatic heterocycles. The van der Waals surface area contributed by atoms with Crippen molar-refractivity contribution in [3.8, 4) is 0 Å². The molecule has 1 atom stereocenters. The smallest absolute Gasteiger partial charge is 0.318 e. The number of ketones is 1. The van der Waals surface area contributed by atoms with Gasteiger partial charge in [0.1, 0.15) is 0 Å². The molecule has 2 rings (SSSR count). The average Bonchev–Trinajstić information content (AvgIpc) is 3.04. The zero-order valence-electron chi connectivity index (χ0n) is 15.0. The number of urea groups is 1. The lowest BCUT2D eigenvalue weighted by Gasteiger charge is -2.19. The van der Waals surface area contributed by atoms with E-state index in [1.165, 1.54) is 11.1 Å². The van der Waals surface area contributed by atoms with Crippen molar-refractivity contribution in [2.24, 2.45) is 11.7 Å². The maximum Gasteiger partial charge on any atom is 0.318 e. The van der Waals surface area contributed by atoms with Crippen molar-refractivity contribution < 1.29 is 23.9 Å². The molecule has 3 N–H and O–H groups in total. The van der Waals surface area contributed by atoms with E-state index in [9.17, 15) is 19.2 Å². The van der Waals surface area contributed by atoms with Crippen molar-refractivity contribution >= 4 is 23.7 Å². The number of amides is 3. The number of nitrogens with one attached hydrogen (secondary N) is 1. The van der Waals surface area contributed by atoms with Crippen LogP contribution in [-0.2, 0) is 27.2 Å². The van der Waals surface area contributed by atoms with Crippen molar-refractivity contribution in [2.45, 2.75) is 52.1 Å². The molecule has 0 heterocycles. The van der Waals surface area contributed by atoms with Gasteiger partial charge >= 0.3 is 12.0 Å². The summed E-state index contributed by atoms with van der Waals surface area (Å²) in [4.78, 5) is 46.9. The molecule has 1 aliphatic rings. The molecule has 0 bridgehead atoms. The minimum atomic E-state index is -1.13. The highest BCUT2D eigenvalue weighted by molar-refractivity contribution is 5.99.